The molecule has 0 amide bonds. The second-order valence-electron chi connectivity index (χ2n) is 4.43. The molecule has 0 saturated heterocycles. The molecular formula is C15H9BrFNO2S. The summed E-state index contributed by atoms with van der Waals surface area (Å²) in [5.74, 6) is -0.485. The number of aromatic nitrogens is 1. The van der Waals surface area contributed by atoms with Crippen LogP contribution in [0, 0.1) is 5.82 Å². The number of hydrogen-bond donors (Lipinski definition) is 0. The summed E-state index contributed by atoms with van der Waals surface area (Å²) < 4.78 is 38.5. The number of halogens is 2. The van der Waals surface area contributed by atoms with E-state index in [2.05, 4.69) is 20.9 Å². The van der Waals surface area contributed by atoms with E-state index < -0.39 is 15.7 Å². The molecule has 0 N–H and O–H groups in total. The van der Waals surface area contributed by atoms with Crippen LogP contribution >= 0.6 is 15.9 Å². The molecular weight excluding hydrogens is 357 g/mol. The minimum atomic E-state index is -3.78. The van der Waals surface area contributed by atoms with Gasteiger partial charge in [-0.25, -0.2) is 17.8 Å². The fourth-order valence-corrected chi connectivity index (χ4v) is 3.90. The van der Waals surface area contributed by atoms with Crippen molar-refractivity contribution in [1.29, 1.82) is 0 Å². The van der Waals surface area contributed by atoms with Gasteiger partial charge < -0.3 is 0 Å². The van der Waals surface area contributed by atoms with Crippen LogP contribution in [0.15, 0.2) is 69.1 Å². The number of nitrogens with zero attached hydrogens (tertiary/aromatic N) is 1. The number of hydrogen-bond acceptors (Lipinski definition) is 3. The highest BCUT2D eigenvalue weighted by atomic mass is 79.9. The van der Waals surface area contributed by atoms with Crippen molar-refractivity contribution in [2.75, 3.05) is 0 Å². The lowest BCUT2D eigenvalue weighted by atomic mass is 10.2. The van der Waals surface area contributed by atoms with Gasteiger partial charge in [-0.3, -0.25) is 0 Å². The molecule has 3 rings (SSSR count). The van der Waals surface area contributed by atoms with Crippen LogP contribution in [0.3, 0.4) is 0 Å². The van der Waals surface area contributed by atoms with Gasteiger partial charge in [0.25, 0.3) is 0 Å². The molecule has 3 aromatic rings. The number of fused-ring (bicyclic) bond motifs is 1. The van der Waals surface area contributed by atoms with Crippen molar-refractivity contribution < 1.29 is 12.8 Å². The lowest BCUT2D eigenvalue weighted by molar-refractivity contribution is 0.591. The largest absolute Gasteiger partial charge is 0.228 e. The third-order valence-corrected chi connectivity index (χ3v) is 5.33. The molecule has 106 valence electrons. The van der Waals surface area contributed by atoms with E-state index in [0.29, 0.717) is 4.60 Å². The molecule has 0 aliphatic rings. The third-order valence-electron chi connectivity index (χ3n) is 3.07. The van der Waals surface area contributed by atoms with Gasteiger partial charge in [-0.15, -0.1) is 0 Å². The van der Waals surface area contributed by atoms with Crippen LogP contribution in [0.4, 0.5) is 4.39 Å². The summed E-state index contributed by atoms with van der Waals surface area (Å²) in [6, 6.07) is 13.5. The minimum Gasteiger partial charge on any atom is -0.228 e. The average molecular weight is 366 g/mol. The molecule has 1 heterocycles. The number of pyridine rings is 1. The van der Waals surface area contributed by atoms with Crippen LogP contribution in [0.2, 0.25) is 0 Å². The monoisotopic (exact) mass is 365 g/mol. The Morgan fingerprint density at radius 3 is 2.38 bits per heavy atom. The van der Waals surface area contributed by atoms with Crippen molar-refractivity contribution in [3.05, 3.63) is 65.0 Å². The first-order valence-corrected chi connectivity index (χ1v) is 8.32. The normalized spacial score (nSPS) is 11.7. The number of sulfone groups is 1. The maximum Gasteiger partial charge on any atom is 0.223 e. The minimum absolute atomic E-state index is 0.0126. The SMILES string of the molecule is O=S(=O)(c1ccc(F)cc1)c1cc2ccccc2c(Br)n1. The van der Waals surface area contributed by atoms with Crippen LogP contribution in [0.5, 0.6) is 0 Å². The lowest BCUT2D eigenvalue weighted by Gasteiger charge is -2.07. The van der Waals surface area contributed by atoms with Crippen molar-refractivity contribution in [2.24, 2.45) is 0 Å². The first-order chi connectivity index (χ1) is 9.98. The second kappa shape index (κ2) is 5.20. The van der Waals surface area contributed by atoms with Crippen molar-refractivity contribution in [1.82, 2.24) is 4.98 Å². The molecule has 0 radical (unpaired) electrons. The van der Waals surface area contributed by atoms with E-state index in [1.807, 2.05) is 24.3 Å². The summed E-state index contributed by atoms with van der Waals surface area (Å²) >= 11 is 3.29. The first kappa shape index (κ1) is 14.2. The van der Waals surface area contributed by atoms with Gasteiger partial charge in [0.1, 0.15) is 10.4 Å². The van der Waals surface area contributed by atoms with E-state index in [4.69, 9.17) is 0 Å². The van der Waals surface area contributed by atoms with Gasteiger partial charge >= 0.3 is 0 Å². The first-order valence-electron chi connectivity index (χ1n) is 6.04. The zero-order valence-electron chi connectivity index (χ0n) is 10.6. The summed E-state index contributed by atoms with van der Waals surface area (Å²) in [4.78, 5) is 4.12. The highest BCUT2D eigenvalue weighted by Gasteiger charge is 2.20. The van der Waals surface area contributed by atoms with Crippen LogP contribution < -0.4 is 0 Å². The van der Waals surface area contributed by atoms with Gasteiger partial charge in [0.15, 0.2) is 5.03 Å². The van der Waals surface area contributed by atoms with Gasteiger partial charge in [-0.2, -0.15) is 0 Å². The molecule has 0 unspecified atom stereocenters. The Kier molecular flexibility index (Phi) is 3.51. The zero-order chi connectivity index (χ0) is 15.0. The molecule has 0 atom stereocenters. The Bertz CT molecular complexity index is 924. The summed E-state index contributed by atoms with van der Waals surface area (Å²) in [5.41, 5.74) is 0. The van der Waals surface area contributed by atoms with Crippen molar-refractivity contribution in [3.8, 4) is 0 Å². The fraction of sp³-hybridized carbons (Fsp3) is 0. The smallest absolute Gasteiger partial charge is 0.223 e. The maximum atomic E-state index is 12.9. The van der Waals surface area contributed by atoms with Crippen LogP contribution in [0.25, 0.3) is 10.8 Å². The van der Waals surface area contributed by atoms with E-state index >= 15 is 0 Å². The molecule has 2 aromatic carbocycles. The molecule has 21 heavy (non-hydrogen) atoms. The Morgan fingerprint density at radius 2 is 1.67 bits per heavy atom. The summed E-state index contributed by atoms with van der Waals surface area (Å²) in [6.45, 7) is 0. The standard InChI is InChI=1S/C15H9BrFNO2S/c16-15-13-4-2-1-3-10(13)9-14(18-15)21(19,20)12-7-5-11(17)6-8-12/h1-9H. The van der Waals surface area contributed by atoms with E-state index in [0.717, 1.165) is 22.9 Å². The van der Waals surface area contributed by atoms with Crippen molar-refractivity contribution in [2.45, 2.75) is 9.92 Å². The average Bonchev–Trinajstić information content (AvgIpc) is 2.47. The quantitative estimate of drug-likeness (QED) is 0.509. The number of benzene rings is 2. The second-order valence-corrected chi connectivity index (χ2v) is 7.08. The highest BCUT2D eigenvalue weighted by molar-refractivity contribution is 9.10. The lowest BCUT2D eigenvalue weighted by Crippen LogP contribution is -2.05. The Morgan fingerprint density at radius 1 is 1.00 bits per heavy atom. The molecule has 0 aliphatic heterocycles. The topological polar surface area (TPSA) is 47.0 Å². The van der Waals surface area contributed by atoms with E-state index in [1.54, 1.807) is 0 Å². The molecule has 1 aromatic heterocycles. The van der Waals surface area contributed by atoms with Gasteiger partial charge in [-0.05, 0) is 51.6 Å². The van der Waals surface area contributed by atoms with E-state index in [-0.39, 0.29) is 9.92 Å². The van der Waals surface area contributed by atoms with Gasteiger partial charge in [0.2, 0.25) is 9.84 Å². The molecule has 0 saturated carbocycles. The van der Waals surface area contributed by atoms with Crippen molar-refractivity contribution >= 4 is 36.5 Å². The number of rotatable bonds is 2. The molecule has 0 spiro atoms. The maximum absolute atomic E-state index is 12.9. The molecule has 3 nitrogen and oxygen atoms in total. The van der Waals surface area contributed by atoms with Gasteiger partial charge in [-0.1, -0.05) is 24.3 Å². The Balaban J connectivity index is 2.21. The summed E-state index contributed by atoms with van der Waals surface area (Å²) in [6.07, 6.45) is 0. The van der Waals surface area contributed by atoms with Crippen LogP contribution in [-0.4, -0.2) is 13.4 Å². The summed E-state index contributed by atoms with van der Waals surface area (Å²) in [5, 5.41) is 1.52. The summed E-state index contributed by atoms with van der Waals surface area (Å²) in [7, 11) is -3.78. The van der Waals surface area contributed by atoms with Crippen LogP contribution in [-0.2, 0) is 9.84 Å². The Labute approximate surface area is 129 Å². The van der Waals surface area contributed by atoms with E-state index in [9.17, 15) is 12.8 Å². The molecule has 6 heteroatoms. The molecule has 0 fully saturated rings. The van der Waals surface area contributed by atoms with E-state index in [1.165, 1.54) is 18.2 Å². The highest BCUT2D eigenvalue weighted by Crippen LogP contribution is 2.27. The molecule has 0 bridgehead atoms. The third kappa shape index (κ3) is 2.56. The predicted molar refractivity (Wildman–Crippen MR) is 81.3 cm³/mol. The van der Waals surface area contributed by atoms with Crippen LogP contribution in [0.1, 0.15) is 0 Å². The molecule has 0 aliphatic carbocycles. The van der Waals surface area contributed by atoms with Gasteiger partial charge in [0.05, 0.1) is 4.90 Å². The van der Waals surface area contributed by atoms with Gasteiger partial charge in [0, 0.05) is 5.39 Å². The fourth-order valence-electron chi connectivity index (χ4n) is 2.01. The predicted octanol–water partition coefficient (Wildman–Crippen LogP) is 3.97. The zero-order valence-corrected chi connectivity index (χ0v) is 13.0. The van der Waals surface area contributed by atoms with Crippen molar-refractivity contribution in [3.63, 3.8) is 0 Å². The Hall–Kier alpha value is -1.79.